The molecule has 0 saturated carbocycles. The Kier molecular flexibility index (Phi) is 6.39. The summed E-state index contributed by atoms with van der Waals surface area (Å²) in [5.74, 6) is 1.17. The van der Waals surface area contributed by atoms with Gasteiger partial charge in [0.1, 0.15) is 0 Å². The number of hydrogen-bond acceptors (Lipinski definition) is 5. The number of H-pyrrole nitrogens is 1. The number of methoxy groups -OCH3 is 2. The van der Waals surface area contributed by atoms with Gasteiger partial charge in [0.15, 0.2) is 16.9 Å². The molecule has 8 heteroatoms. The first kappa shape index (κ1) is 22.2. The molecule has 7 nitrogen and oxygen atoms in total. The minimum Gasteiger partial charge on any atom is -0.493 e. The Morgan fingerprint density at radius 1 is 1.19 bits per heavy atom. The summed E-state index contributed by atoms with van der Waals surface area (Å²) >= 11 is 6.22. The predicted molar refractivity (Wildman–Crippen MR) is 125 cm³/mol. The fourth-order valence-corrected chi connectivity index (χ4v) is 4.26. The third-order valence-corrected chi connectivity index (χ3v) is 6.33. The van der Waals surface area contributed by atoms with E-state index in [1.54, 1.807) is 26.4 Å². The van der Waals surface area contributed by atoms with E-state index in [4.69, 9.17) is 21.1 Å². The average Bonchev–Trinajstić information content (AvgIpc) is 2.80. The van der Waals surface area contributed by atoms with Gasteiger partial charge in [-0.25, -0.2) is 0 Å². The van der Waals surface area contributed by atoms with E-state index in [0.717, 1.165) is 27.9 Å². The van der Waals surface area contributed by atoms with Crippen LogP contribution in [0.1, 0.15) is 22.4 Å². The average molecular weight is 456 g/mol. The van der Waals surface area contributed by atoms with E-state index in [-0.39, 0.29) is 17.9 Å². The van der Waals surface area contributed by atoms with Gasteiger partial charge < -0.3 is 19.8 Å². The van der Waals surface area contributed by atoms with Crippen molar-refractivity contribution in [2.75, 3.05) is 27.3 Å². The quantitative estimate of drug-likeness (QED) is 0.596. The molecule has 2 N–H and O–H groups in total. The van der Waals surface area contributed by atoms with Gasteiger partial charge in [0.05, 0.1) is 26.3 Å². The zero-order valence-electron chi connectivity index (χ0n) is 18.4. The molecule has 2 aromatic carbocycles. The number of aryl methyl sites for hydroxylation is 1. The monoisotopic (exact) mass is 455 g/mol. The minimum atomic E-state index is -0.0944. The second-order valence-corrected chi connectivity index (χ2v) is 8.34. The lowest BCUT2D eigenvalue weighted by Crippen LogP contribution is -2.41. The van der Waals surface area contributed by atoms with Gasteiger partial charge in [-0.2, -0.15) is 0 Å². The lowest BCUT2D eigenvalue weighted by molar-refractivity contribution is -0.122. The number of carbonyl (C=O) groups excluding carboxylic acids is 1. The van der Waals surface area contributed by atoms with Crippen LogP contribution in [-0.4, -0.2) is 43.1 Å². The summed E-state index contributed by atoms with van der Waals surface area (Å²) in [6.45, 7) is 3.65. The fraction of sp³-hybridized carbons (Fsp3) is 0.333. The molecule has 2 heterocycles. The summed E-state index contributed by atoms with van der Waals surface area (Å²) in [4.78, 5) is 31.0. The van der Waals surface area contributed by atoms with E-state index in [1.165, 1.54) is 0 Å². The summed E-state index contributed by atoms with van der Waals surface area (Å²) in [6, 6.07) is 9.06. The number of aromatic amines is 1. The first-order valence-corrected chi connectivity index (χ1v) is 10.8. The topological polar surface area (TPSA) is 83.7 Å². The van der Waals surface area contributed by atoms with Crippen LogP contribution in [0.25, 0.3) is 10.9 Å². The number of amides is 1. The van der Waals surface area contributed by atoms with Gasteiger partial charge in [-0.3, -0.25) is 14.5 Å². The van der Waals surface area contributed by atoms with Crippen molar-refractivity contribution >= 4 is 28.4 Å². The second-order valence-electron chi connectivity index (χ2n) is 7.93. The number of halogens is 1. The molecule has 32 heavy (non-hydrogen) atoms. The highest BCUT2D eigenvalue weighted by Gasteiger charge is 2.23. The Hall–Kier alpha value is -3.03. The first-order chi connectivity index (χ1) is 15.4. The summed E-state index contributed by atoms with van der Waals surface area (Å²) in [7, 11) is 3.16. The van der Waals surface area contributed by atoms with Crippen molar-refractivity contribution in [3.63, 3.8) is 0 Å². The maximum absolute atomic E-state index is 13.1. The van der Waals surface area contributed by atoms with E-state index in [2.05, 4.69) is 10.3 Å². The number of hydrogen-bond donors (Lipinski definition) is 2. The molecule has 0 atom stereocenters. The molecule has 1 aliphatic heterocycles. The molecule has 0 unspecified atom stereocenters. The van der Waals surface area contributed by atoms with Crippen LogP contribution in [0, 0.1) is 6.92 Å². The Morgan fingerprint density at radius 2 is 1.97 bits per heavy atom. The molecule has 0 spiro atoms. The Labute approximate surface area is 191 Å². The largest absolute Gasteiger partial charge is 0.493 e. The smallest absolute Gasteiger partial charge is 0.234 e. The van der Waals surface area contributed by atoms with Crippen molar-refractivity contribution in [1.82, 2.24) is 15.2 Å². The maximum Gasteiger partial charge on any atom is 0.234 e. The van der Waals surface area contributed by atoms with E-state index in [0.29, 0.717) is 48.0 Å². The molecular formula is C24H26ClN3O4. The molecule has 3 aromatic rings. The highest BCUT2D eigenvalue weighted by Crippen LogP contribution is 2.27. The number of rotatable bonds is 6. The normalized spacial score (nSPS) is 13.6. The van der Waals surface area contributed by atoms with E-state index >= 15 is 0 Å². The van der Waals surface area contributed by atoms with Crippen molar-refractivity contribution in [3.8, 4) is 11.5 Å². The van der Waals surface area contributed by atoms with Crippen molar-refractivity contribution in [2.45, 2.75) is 26.4 Å². The number of fused-ring (bicyclic) bond motifs is 2. The first-order valence-electron chi connectivity index (χ1n) is 10.4. The molecule has 0 saturated heterocycles. The summed E-state index contributed by atoms with van der Waals surface area (Å²) in [5.41, 5.74) is 4.23. The van der Waals surface area contributed by atoms with Crippen LogP contribution < -0.4 is 20.2 Å². The van der Waals surface area contributed by atoms with Gasteiger partial charge in [-0.1, -0.05) is 17.7 Å². The molecule has 0 fully saturated rings. The number of nitrogens with one attached hydrogen (secondary N) is 2. The van der Waals surface area contributed by atoms with Gasteiger partial charge in [0, 0.05) is 47.7 Å². The third kappa shape index (κ3) is 4.31. The number of benzene rings is 2. The molecule has 4 rings (SSSR count). The molecule has 0 bridgehead atoms. The van der Waals surface area contributed by atoms with Crippen LogP contribution in [0.5, 0.6) is 11.5 Å². The second kappa shape index (κ2) is 9.22. The Bertz CT molecular complexity index is 1240. The number of carbonyl (C=O) groups is 1. The van der Waals surface area contributed by atoms with Crippen molar-refractivity contribution < 1.29 is 14.3 Å². The summed E-state index contributed by atoms with van der Waals surface area (Å²) in [6.07, 6.45) is 0.676. The van der Waals surface area contributed by atoms with Crippen molar-refractivity contribution in [3.05, 3.63) is 68.0 Å². The Morgan fingerprint density at radius 3 is 2.72 bits per heavy atom. The molecule has 0 radical (unpaired) electrons. The van der Waals surface area contributed by atoms with Gasteiger partial charge in [0.2, 0.25) is 5.91 Å². The SMILES string of the molecule is COc1ccc(CNC(=O)CN2CCc3[nH]c4c(C)c(Cl)ccc4c(=O)c3C2)cc1OC. The van der Waals surface area contributed by atoms with E-state index in [9.17, 15) is 9.59 Å². The minimum absolute atomic E-state index is 0.00366. The highest BCUT2D eigenvalue weighted by molar-refractivity contribution is 6.32. The van der Waals surface area contributed by atoms with Crippen molar-refractivity contribution in [2.24, 2.45) is 0 Å². The molecule has 1 aliphatic rings. The number of nitrogens with zero attached hydrogens (tertiary/aromatic N) is 1. The fourth-order valence-electron chi connectivity index (χ4n) is 4.10. The molecule has 168 valence electrons. The van der Waals surface area contributed by atoms with Gasteiger partial charge in [0.25, 0.3) is 0 Å². The molecule has 0 aliphatic carbocycles. The lowest BCUT2D eigenvalue weighted by atomic mass is 10.0. The lowest BCUT2D eigenvalue weighted by Gasteiger charge is -2.28. The van der Waals surface area contributed by atoms with Crippen LogP contribution in [0.15, 0.2) is 35.1 Å². The number of pyridine rings is 1. The highest BCUT2D eigenvalue weighted by atomic mass is 35.5. The molecular weight excluding hydrogens is 430 g/mol. The van der Waals surface area contributed by atoms with Crippen molar-refractivity contribution in [1.29, 1.82) is 0 Å². The van der Waals surface area contributed by atoms with Gasteiger partial charge in [-0.15, -0.1) is 0 Å². The maximum atomic E-state index is 13.1. The summed E-state index contributed by atoms with van der Waals surface area (Å²) < 4.78 is 10.5. The van der Waals surface area contributed by atoms with Gasteiger partial charge >= 0.3 is 0 Å². The van der Waals surface area contributed by atoms with Crippen LogP contribution >= 0.6 is 11.6 Å². The zero-order valence-corrected chi connectivity index (χ0v) is 19.1. The predicted octanol–water partition coefficient (Wildman–Crippen LogP) is 3.18. The van der Waals surface area contributed by atoms with Crippen LogP contribution in [-0.2, 0) is 24.3 Å². The zero-order chi connectivity index (χ0) is 22.8. The molecule has 1 aromatic heterocycles. The standard InChI is InChI=1S/C24H26ClN3O4/c1-14-18(25)6-5-16-23(14)27-19-8-9-28(12-17(19)24(16)30)13-22(29)26-11-15-4-7-20(31-2)21(10-15)32-3/h4-7,10H,8-9,11-13H2,1-3H3,(H,26,29)(H,27,30). The van der Waals surface area contributed by atoms with Crippen LogP contribution in [0.2, 0.25) is 5.02 Å². The van der Waals surface area contributed by atoms with E-state index < -0.39 is 0 Å². The van der Waals surface area contributed by atoms with E-state index in [1.807, 2.05) is 30.0 Å². The molecule has 1 amide bonds. The number of aromatic nitrogens is 1. The number of ether oxygens (including phenoxy) is 2. The third-order valence-electron chi connectivity index (χ3n) is 5.92. The van der Waals surface area contributed by atoms with Crippen LogP contribution in [0.4, 0.5) is 0 Å². The van der Waals surface area contributed by atoms with Crippen LogP contribution in [0.3, 0.4) is 0 Å². The van der Waals surface area contributed by atoms with Gasteiger partial charge in [-0.05, 0) is 42.3 Å². The Balaban J connectivity index is 1.43. The summed E-state index contributed by atoms with van der Waals surface area (Å²) in [5, 5.41) is 4.21.